The Morgan fingerprint density at radius 3 is 1.54 bits per heavy atom. The van der Waals surface area contributed by atoms with E-state index < -0.39 is 37.3 Å². The second-order valence-corrected chi connectivity index (χ2v) is 19.9. The first kappa shape index (κ1) is 39.7. The van der Waals surface area contributed by atoms with Crippen LogP contribution in [0.5, 0.6) is 0 Å². The molecular formula is C47H45F3N2O5S2. The van der Waals surface area contributed by atoms with E-state index in [1.807, 2.05) is 18.2 Å². The van der Waals surface area contributed by atoms with Crippen molar-refractivity contribution in [1.82, 2.24) is 0 Å². The number of sulfonamides is 2. The van der Waals surface area contributed by atoms with E-state index in [1.54, 1.807) is 42.5 Å². The Bertz CT molecular complexity index is 2730. The largest absolute Gasteiger partial charge is 0.482 e. The lowest BCUT2D eigenvalue weighted by Crippen LogP contribution is -2.38. The fraction of sp³-hybridized carbons (Fsp3) is 0.319. The topological polar surface area (TPSA) is 130 Å². The van der Waals surface area contributed by atoms with Gasteiger partial charge in [0.05, 0.1) is 9.79 Å². The number of benzene rings is 4. The van der Waals surface area contributed by atoms with Gasteiger partial charge in [-0.3, -0.25) is 0 Å². The molecule has 2 spiro atoms. The van der Waals surface area contributed by atoms with Crippen LogP contribution in [0.2, 0.25) is 0 Å². The lowest BCUT2D eigenvalue weighted by atomic mass is 9.62. The molecule has 0 amide bonds. The van der Waals surface area contributed by atoms with Crippen LogP contribution < -0.4 is 10.3 Å². The Labute approximate surface area is 343 Å². The first-order valence-corrected chi connectivity index (χ1v) is 23.4. The Hall–Kier alpha value is -4.75. The number of rotatable bonds is 6. The predicted octanol–water partition coefficient (Wildman–Crippen LogP) is 10.4. The number of ether oxygens (including phenoxy) is 1. The van der Waals surface area contributed by atoms with Gasteiger partial charge in [0.1, 0.15) is 17.2 Å². The summed E-state index contributed by atoms with van der Waals surface area (Å²) in [5, 5.41) is 10.5. The van der Waals surface area contributed by atoms with Crippen molar-refractivity contribution < 1.29 is 34.7 Å². The molecule has 4 N–H and O–H groups in total. The molecule has 6 aliphatic rings. The van der Waals surface area contributed by atoms with E-state index in [0.29, 0.717) is 5.56 Å². The zero-order valence-corrected chi connectivity index (χ0v) is 34.1. The molecule has 0 radical (unpaired) electrons. The van der Waals surface area contributed by atoms with E-state index in [0.717, 1.165) is 110 Å². The fourth-order valence-corrected chi connectivity index (χ4v) is 10.6. The Kier molecular flexibility index (Phi) is 9.93. The van der Waals surface area contributed by atoms with Gasteiger partial charge in [0.15, 0.2) is 11.6 Å². The van der Waals surface area contributed by atoms with Crippen molar-refractivity contribution >= 4 is 42.3 Å². The van der Waals surface area contributed by atoms with Gasteiger partial charge in [-0.1, -0.05) is 54.5 Å². The van der Waals surface area contributed by atoms with Gasteiger partial charge in [0, 0.05) is 16.6 Å². The highest BCUT2D eigenvalue weighted by molar-refractivity contribution is 7.89. The quantitative estimate of drug-likeness (QED) is 0.200. The van der Waals surface area contributed by atoms with Gasteiger partial charge in [-0.25, -0.2) is 40.3 Å². The number of allylic oxidation sites excluding steroid dienone is 6. The number of nitrogens with two attached hydrogens (primary N) is 2. The molecule has 0 bridgehead atoms. The molecule has 0 aromatic heterocycles. The van der Waals surface area contributed by atoms with Gasteiger partial charge in [-0.05, 0) is 170 Å². The monoisotopic (exact) mass is 838 g/mol. The van der Waals surface area contributed by atoms with Crippen LogP contribution in [0, 0.1) is 22.9 Å². The van der Waals surface area contributed by atoms with Crippen molar-refractivity contribution in [3.8, 4) is 0 Å². The highest BCUT2D eigenvalue weighted by Crippen LogP contribution is 2.65. The lowest BCUT2D eigenvalue weighted by molar-refractivity contribution is 0.00488. The normalized spacial score (nSPS) is 20.5. The van der Waals surface area contributed by atoms with Crippen LogP contribution >= 0.6 is 0 Å². The molecule has 0 unspecified atom stereocenters. The second-order valence-electron chi connectivity index (χ2n) is 16.8. The summed E-state index contributed by atoms with van der Waals surface area (Å²) in [6, 6.07) is 24.1. The molecule has 7 nitrogen and oxygen atoms in total. The zero-order chi connectivity index (χ0) is 41.3. The van der Waals surface area contributed by atoms with Crippen molar-refractivity contribution in [3.05, 3.63) is 153 Å². The van der Waals surface area contributed by atoms with Crippen molar-refractivity contribution in [2.45, 2.75) is 98.9 Å². The Morgan fingerprint density at radius 1 is 0.542 bits per heavy atom. The number of hydrogen-bond acceptors (Lipinski definition) is 5. The maximum absolute atomic E-state index is 14.1. The maximum atomic E-state index is 14.1. The average Bonchev–Trinajstić information content (AvgIpc) is 3.67. The van der Waals surface area contributed by atoms with Crippen molar-refractivity contribution in [3.63, 3.8) is 0 Å². The smallest absolute Gasteiger partial charge is 0.238 e. The van der Waals surface area contributed by atoms with Gasteiger partial charge in [-0.15, -0.1) is 0 Å². The number of primary sulfonamides is 2. The summed E-state index contributed by atoms with van der Waals surface area (Å²) in [5.74, 6) is -1.26. The molecule has 59 heavy (non-hydrogen) atoms. The van der Waals surface area contributed by atoms with Crippen LogP contribution in [0.4, 0.5) is 13.2 Å². The van der Waals surface area contributed by atoms with Crippen LogP contribution in [0.15, 0.2) is 123 Å². The second kappa shape index (κ2) is 14.8. The molecule has 0 atom stereocenters. The summed E-state index contributed by atoms with van der Waals surface area (Å²) in [4.78, 5) is 0.146. The third kappa shape index (κ3) is 7.11. The summed E-state index contributed by atoms with van der Waals surface area (Å²) < 4.78 is 95.1. The van der Waals surface area contributed by atoms with Crippen LogP contribution in [0.3, 0.4) is 0 Å². The lowest BCUT2D eigenvalue weighted by Gasteiger charge is -2.41. The molecule has 4 aromatic rings. The van der Waals surface area contributed by atoms with Gasteiger partial charge < -0.3 is 4.74 Å². The van der Waals surface area contributed by atoms with Crippen molar-refractivity contribution in [2.75, 3.05) is 0 Å². The van der Waals surface area contributed by atoms with Gasteiger partial charge in [0.2, 0.25) is 20.0 Å². The Balaban J connectivity index is 0.000000152. The SMILES string of the molecule is NS(=O)(=O)c1ccc(C2=C(c3ccc(F)c(F)c3)C(=C3CCC3)OC23CCC3)cc1.NS(=O)(=O)c1ccc(C2=C(c3cccc(F)c3)C(=C3CCC3)CC23CCC3)cc1. The molecule has 5 aliphatic carbocycles. The first-order chi connectivity index (χ1) is 28.2. The molecule has 12 heteroatoms. The van der Waals surface area contributed by atoms with E-state index >= 15 is 0 Å². The molecule has 1 aliphatic heterocycles. The molecule has 4 saturated carbocycles. The summed E-state index contributed by atoms with van der Waals surface area (Å²) in [7, 11) is -7.54. The molecule has 0 saturated heterocycles. The third-order valence-corrected chi connectivity index (χ3v) is 15.1. The minimum Gasteiger partial charge on any atom is -0.482 e. The minimum atomic E-state index is -3.81. The fourth-order valence-electron chi connectivity index (χ4n) is 9.61. The number of halogens is 3. The molecule has 4 fully saturated rings. The van der Waals surface area contributed by atoms with Gasteiger partial charge in [0.25, 0.3) is 0 Å². The van der Waals surface area contributed by atoms with E-state index in [9.17, 15) is 30.0 Å². The van der Waals surface area contributed by atoms with E-state index in [4.69, 9.17) is 15.0 Å². The zero-order valence-electron chi connectivity index (χ0n) is 32.5. The van der Waals surface area contributed by atoms with Crippen LogP contribution in [-0.4, -0.2) is 22.4 Å². The summed E-state index contributed by atoms with van der Waals surface area (Å²) in [5.41, 5.74) is 11.1. The highest BCUT2D eigenvalue weighted by atomic mass is 32.2. The molecule has 4 aromatic carbocycles. The van der Waals surface area contributed by atoms with Gasteiger partial charge >= 0.3 is 0 Å². The summed E-state index contributed by atoms with van der Waals surface area (Å²) in [6.07, 6.45) is 13.5. The van der Waals surface area contributed by atoms with Crippen LogP contribution in [0.1, 0.15) is 106 Å². The summed E-state index contributed by atoms with van der Waals surface area (Å²) in [6.45, 7) is 0. The average molecular weight is 839 g/mol. The highest BCUT2D eigenvalue weighted by Gasteiger charge is 2.52. The van der Waals surface area contributed by atoms with Crippen molar-refractivity contribution in [1.29, 1.82) is 0 Å². The molecule has 10 rings (SSSR count). The van der Waals surface area contributed by atoms with Gasteiger partial charge in [-0.2, -0.15) is 0 Å². The molecule has 306 valence electrons. The third-order valence-electron chi connectivity index (χ3n) is 13.2. The van der Waals surface area contributed by atoms with E-state index in [2.05, 4.69) is 0 Å². The maximum Gasteiger partial charge on any atom is 0.238 e. The first-order valence-electron chi connectivity index (χ1n) is 20.3. The van der Waals surface area contributed by atoms with E-state index in [-0.39, 0.29) is 21.0 Å². The van der Waals surface area contributed by atoms with Crippen LogP contribution in [-0.2, 0) is 24.8 Å². The minimum absolute atomic E-state index is 0.0281. The Morgan fingerprint density at radius 2 is 1.08 bits per heavy atom. The predicted molar refractivity (Wildman–Crippen MR) is 222 cm³/mol. The van der Waals surface area contributed by atoms with Crippen molar-refractivity contribution in [2.24, 2.45) is 15.7 Å². The standard InChI is InChI=1S/C24H24FNO2S.C23H21F2NO3S/c25-19-7-2-6-18(14-19)22-21(16-4-1-5-16)15-24(12-3-13-24)23(22)17-8-10-20(11-9-17)29(26,27)28;24-18-10-7-16(13-19(18)25)20-21(14-5-8-17(9-6-14)30(26,27)28)23(11-2-12-23)29-22(20)15-3-1-4-15/h2,6-11,14H,1,3-5,12-13,15H2,(H2,26,27,28);5-10,13H,1-4,11-12H2,(H2,26,27,28). The van der Waals surface area contributed by atoms with E-state index in [1.165, 1.54) is 65.0 Å². The van der Waals surface area contributed by atoms with Crippen LogP contribution in [0.25, 0.3) is 22.3 Å². The molecular weight excluding hydrogens is 794 g/mol. The summed E-state index contributed by atoms with van der Waals surface area (Å²) >= 11 is 0. The number of hydrogen-bond donors (Lipinski definition) is 2. The molecule has 1 heterocycles.